The van der Waals surface area contributed by atoms with Crippen molar-refractivity contribution in [2.24, 2.45) is 0 Å². The van der Waals surface area contributed by atoms with E-state index in [2.05, 4.69) is 10.6 Å². The number of carboxylic acids is 1. The minimum Gasteiger partial charge on any atom is -0.477 e. The molecule has 0 radical (unpaired) electrons. The highest BCUT2D eigenvalue weighted by atomic mass is 16.8. The predicted octanol–water partition coefficient (Wildman–Crippen LogP) is -16.2. The molecule has 0 unspecified atom stereocenters. The molecule has 570 valence electrons. The summed E-state index contributed by atoms with van der Waals surface area (Å²) in [5, 5.41) is 267. The highest BCUT2D eigenvalue weighted by Crippen LogP contribution is 2.43. The molecule has 0 spiro atoms. The number of hydrogen-bond acceptors (Lipinski definition) is 40. The number of carboxylic acid groups (broad SMARTS) is 1. The lowest BCUT2D eigenvalue weighted by Crippen LogP contribution is -2.70. The van der Waals surface area contributed by atoms with Crippen LogP contribution in [-0.2, 0) is 80.7 Å². The number of hydrogen-bond donors (Lipinski definition) is 26. The quantitative estimate of drug-likeness (QED) is 0.0346. The molecule has 7 aliphatic rings. The van der Waals surface area contributed by atoms with Gasteiger partial charge in [-0.1, -0.05) is 0 Å². The van der Waals surface area contributed by atoms with Crippen LogP contribution < -0.4 is 10.6 Å². The molecule has 0 aliphatic carbocycles. The third kappa shape index (κ3) is 18.0. The number of carbonyl (C=O) groups excluding carboxylic acids is 2. The van der Waals surface area contributed by atoms with Crippen molar-refractivity contribution in [3.8, 4) is 0 Å². The summed E-state index contributed by atoms with van der Waals surface area (Å²) >= 11 is 0. The lowest BCUT2D eigenvalue weighted by Gasteiger charge is -2.52. The van der Waals surface area contributed by atoms with Crippen molar-refractivity contribution in [3.63, 3.8) is 0 Å². The molecule has 7 saturated heterocycles. The van der Waals surface area contributed by atoms with E-state index in [1.807, 2.05) is 0 Å². The van der Waals surface area contributed by atoms with E-state index in [-0.39, 0.29) is 0 Å². The van der Waals surface area contributed by atoms with Crippen LogP contribution in [0.5, 0.6) is 0 Å². The second-order valence-corrected chi connectivity index (χ2v) is 25.0. The molecule has 26 N–H and O–H groups in total. The van der Waals surface area contributed by atoms with E-state index >= 15 is 0 Å². The number of amides is 2. The molecule has 0 saturated carbocycles. The second-order valence-electron chi connectivity index (χ2n) is 25.0. The van der Waals surface area contributed by atoms with Gasteiger partial charge in [0.2, 0.25) is 11.8 Å². The molecule has 0 aromatic carbocycles. The van der Waals surface area contributed by atoms with Crippen molar-refractivity contribution in [2.75, 3.05) is 39.6 Å². The topological polar surface area (TPSA) is 690 Å². The first-order valence-corrected chi connectivity index (χ1v) is 31.3. The summed E-state index contributed by atoms with van der Waals surface area (Å²) in [5.74, 6) is -7.70. The molecular formula is C55H94N2O41. The molecule has 43 nitrogen and oxygen atoms in total. The van der Waals surface area contributed by atoms with E-state index in [4.69, 9.17) is 66.3 Å². The average Bonchev–Trinajstić information content (AvgIpc) is 0.753. The summed E-state index contributed by atoms with van der Waals surface area (Å²) in [6, 6.07) is -3.77. The number of carbonyl (C=O) groups is 3. The zero-order valence-electron chi connectivity index (χ0n) is 53.1. The Morgan fingerprint density at radius 2 is 0.929 bits per heavy atom. The van der Waals surface area contributed by atoms with Gasteiger partial charge in [-0.25, -0.2) is 4.79 Å². The van der Waals surface area contributed by atoms with E-state index in [9.17, 15) is 137 Å². The van der Waals surface area contributed by atoms with Crippen LogP contribution in [-0.4, -0.2) is 425 Å². The molecule has 40 atom stereocenters. The van der Waals surface area contributed by atoms with Crippen molar-refractivity contribution in [3.05, 3.63) is 0 Å². The molecule has 0 aromatic rings. The Bertz CT molecular complexity index is 2510. The van der Waals surface area contributed by atoms with Crippen LogP contribution in [0.2, 0.25) is 0 Å². The van der Waals surface area contributed by atoms with Gasteiger partial charge in [0.15, 0.2) is 37.7 Å². The number of rotatable bonds is 28. The van der Waals surface area contributed by atoms with Crippen LogP contribution >= 0.6 is 0 Å². The fourth-order valence-electron chi connectivity index (χ4n) is 12.3. The Morgan fingerprint density at radius 3 is 1.40 bits per heavy atom. The molecule has 2 amide bonds. The third-order valence-electron chi connectivity index (χ3n) is 18.0. The van der Waals surface area contributed by atoms with E-state index in [0.717, 1.165) is 13.8 Å². The van der Waals surface area contributed by atoms with Crippen LogP contribution in [0.1, 0.15) is 41.0 Å². The Labute approximate surface area is 556 Å². The van der Waals surface area contributed by atoms with Gasteiger partial charge >= 0.3 is 5.97 Å². The van der Waals surface area contributed by atoms with Crippen molar-refractivity contribution < 1.29 is 203 Å². The normalized spacial score (nSPS) is 46.8. The fraction of sp³-hybridized carbons (Fsp3) is 0.945. The number of ether oxygens (including phenoxy) is 14. The van der Waals surface area contributed by atoms with Crippen molar-refractivity contribution >= 4 is 17.8 Å². The monoisotopic (exact) mass is 1440 g/mol. The summed E-state index contributed by atoms with van der Waals surface area (Å²) in [6.07, 6.45) is -78.1. The second kappa shape index (κ2) is 35.1. The van der Waals surface area contributed by atoms with E-state index in [0.29, 0.717) is 0 Å². The maximum absolute atomic E-state index is 13.9. The summed E-state index contributed by atoms with van der Waals surface area (Å²) in [7, 11) is 0. The molecule has 98 heavy (non-hydrogen) atoms. The molecule has 7 rings (SSSR count). The zero-order chi connectivity index (χ0) is 73.0. The maximum Gasteiger partial charge on any atom is 0.364 e. The first kappa shape index (κ1) is 82.2. The summed E-state index contributed by atoms with van der Waals surface area (Å²) in [5.41, 5.74) is 0. The lowest BCUT2D eigenvalue weighted by atomic mass is 9.89. The summed E-state index contributed by atoms with van der Waals surface area (Å²) in [6.45, 7) is -1.60. The van der Waals surface area contributed by atoms with Gasteiger partial charge in [0.1, 0.15) is 171 Å². The zero-order valence-corrected chi connectivity index (χ0v) is 53.1. The van der Waals surface area contributed by atoms with Gasteiger partial charge in [-0.3, -0.25) is 9.59 Å². The van der Waals surface area contributed by atoms with Crippen LogP contribution in [0, 0.1) is 0 Å². The van der Waals surface area contributed by atoms with Crippen molar-refractivity contribution in [2.45, 2.75) is 286 Å². The Morgan fingerprint density at radius 1 is 0.480 bits per heavy atom. The van der Waals surface area contributed by atoms with Gasteiger partial charge < -0.3 is 200 Å². The number of nitrogens with one attached hydrogen (secondary N) is 2. The van der Waals surface area contributed by atoms with Gasteiger partial charge in [0, 0.05) is 20.3 Å². The van der Waals surface area contributed by atoms with E-state index < -0.39 is 309 Å². The highest BCUT2D eigenvalue weighted by molar-refractivity contribution is 5.76. The molecule has 7 fully saturated rings. The summed E-state index contributed by atoms with van der Waals surface area (Å²) < 4.78 is 81.8. The van der Waals surface area contributed by atoms with E-state index in [1.54, 1.807) is 0 Å². The molecule has 7 heterocycles. The largest absolute Gasteiger partial charge is 0.477 e. The van der Waals surface area contributed by atoms with Gasteiger partial charge in [0.25, 0.3) is 5.79 Å². The van der Waals surface area contributed by atoms with Crippen molar-refractivity contribution in [1.82, 2.24) is 10.6 Å². The minimum absolute atomic E-state index is 0.908. The van der Waals surface area contributed by atoms with E-state index in [1.165, 1.54) is 20.8 Å². The first-order chi connectivity index (χ1) is 46.0. The molecular weight excluding hydrogens is 1340 g/mol. The van der Waals surface area contributed by atoms with Crippen LogP contribution in [0.3, 0.4) is 0 Å². The van der Waals surface area contributed by atoms with Crippen molar-refractivity contribution in [1.29, 1.82) is 0 Å². The van der Waals surface area contributed by atoms with Crippen LogP contribution in [0.15, 0.2) is 0 Å². The van der Waals surface area contributed by atoms with Gasteiger partial charge in [0.05, 0.1) is 70.1 Å². The third-order valence-corrected chi connectivity index (χ3v) is 18.0. The van der Waals surface area contributed by atoms with Gasteiger partial charge in [-0.05, 0) is 20.8 Å². The summed E-state index contributed by atoms with van der Waals surface area (Å²) in [4.78, 5) is 39.7. The van der Waals surface area contributed by atoms with Gasteiger partial charge in [-0.2, -0.15) is 0 Å². The lowest BCUT2D eigenvalue weighted by molar-refractivity contribution is -0.406. The Balaban J connectivity index is 1.21. The van der Waals surface area contributed by atoms with Gasteiger partial charge in [-0.15, -0.1) is 0 Å². The molecule has 0 bridgehead atoms. The van der Waals surface area contributed by atoms with Crippen LogP contribution in [0.4, 0.5) is 0 Å². The average molecular weight is 1440 g/mol. The molecule has 7 aliphatic heterocycles. The Hall–Kier alpha value is -3.07. The number of aliphatic carboxylic acids is 1. The van der Waals surface area contributed by atoms with Crippen LogP contribution in [0.25, 0.3) is 0 Å². The molecule has 0 aromatic heterocycles. The minimum atomic E-state index is -3.54. The first-order valence-electron chi connectivity index (χ1n) is 31.3. The highest BCUT2D eigenvalue weighted by Gasteiger charge is 2.63. The fourth-order valence-corrected chi connectivity index (χ4v) is 12.3. The molecule has 43 heteroatoms. The number of aliphatic hydroxyl groups is 23. The maximum atomic E-state index is 13.9. The predicted molar refractivity (Wildman–Crippen MR) is 303 cm³/mol. The SMILES string of the molecule is CC(=O)N[C@H]1[C@H](OC[C@@H](O)[C@H](O)[C@H](O[C@@H]2O[C@H](CO)[C@H](O)[C@H](O[C@]3(C(=O)O)C[C@H](O[C@@H]4O[C@@H](C)[C@@H](O)[C@@H](O)[C@@H]4O)[C@@H](O[C@@H]4O[C@@H](C)[C@@H](O)[C@@H](O)[C@@H]4O)[C@H]([C@H](O)[C@H](O)CO)O3)[C@H]2O)[C@H](CO)NC(C)=O)O[C@H](CO)[C@@H](O[C@@H]2O[C@H](CO)[C@H](O)[C@H](O)[C@H]2O)[C@@H]1O[C@@H]1O[C@@H](C)[C@@H](O)[C@@H](O)[C@@H]1O. The Kier molecular flexibility index (Phi) is 29.5. The smallest absolute Gasteiger partial charge is 0.364 e. The standard InChI is InChI=1S/C55H94N2O41/c1-13-26(67)33(74)37(78)49(86-13)89-21-6-55(54(83)84,98-47(29(70)19(65)8-59)43(21)94-50-38(79)34(75)27(68)14(2)87-50)97-46-32(73)23(10-61)91-53(41(46)82)93-42(18(7-58)56-16(4)63)30(71)20(66)12-85-48-25(57-17(5)64)45(96-51-39(80)35(76)28(69)15(3)88-51)44(24(11-62)92-48)95-52-40(81)36(77)31(72)22(9-60)90-52/h13-15,18-53,58-62,65-82H,6-12H2,1-5H3,(H,56,63)(H,57,64)(H,83,84)/t13-,14-,15-,18-,19+,20+,21-,22+,23+,24+,25+,26+,27+,28+,29+,30-,31-,32-,33+,34+,35+,36-,37-,38-,39-,40+,41+,42+,43+,44+,45+,46-,47-,48+,49-,50-,51-,52-,53-,55+/m0/s1. The number of aliphatic hydroxyl groups excluding tert-OH is 23.